The molecule has 3 rings (SSSR count). The maximum absolute atomic E-state index is 13.3. The fraction of sp³-hybridized carbons (Fsp3) is 0.381. The molecule has 10 heteroatoms. The molecule has 1 aliphatic rings. The Balaban J connectivity index is 1.58. The topological polar surface area (TPSA) is 74.3 Å². The second kappa shape index (κ2) is 9.67. The first-order chi connectivity index (χ1) is 14.6. The average molecular weight is 499 g/mol. The van der Waals surface area contributed by atoms with E-state index >= 15 is 0 Å². The molecule has 31 heavy (non-hydrogen) atoms. The predicted octanol–water partition coefficient (Wildman–Crippen LogP) is 4.14. The average Bonchev–Trinajstić information content (AvgIpc) is 2.74. The summed E-state index contributed by atoms with van der Waals surface area (Å²) in [6.07, 6.45) is -2.13. The van der Waals surface area contributed by atoms with Crippen LogP contribution in [0.3, 0.4) is 0 Å². The van der Waals surface area contributed by atoms with Crippen LogP contribution in [0.4, 0.5) is 24.7 Å². The van der Waals surface area contributed by atoms with Gasteiger partial charge >= 0.3 is 6.18 Å². The molecule has 1 saturated heterocycles. The Hall–Kier alpha value is -2.62. The van der Waals surface area contributed by atoms with Crippen LogP contribution in [0.1, 0.15) is 24.0 Å². The molecule has 2 aromatic rings. The smallest absolute Gasteiger partial charge is 0.355 e. The van der Waals surface area contributed by atoms with Crippen molar-refractivity contribution in [1.82, 2.24) is 10.3 Å². The second-order valence-electron chi connectivity index (χ2n) is 7.39. The first-order valence-corrected chi connectivity index (χ1v) is 10.6. The minimum absolute atomic E-state index is 0.111. The number of pyridine rings is 1. The van der Waals surface area contributed by atoms with Crippen LogP contribution >= 0.6 is 15.9 Å². The zero-order valence-electron chi connectivity index (χ0n) is 16.8. The quantitative estimate of drug-likeness (QED) is 0.649. The molecule has 1 aromatic heterocycles. The van der Waals surface area contributed by atoms with Crippen LogP contribution in [0.15, 0.2) is 41.0 Å². The van der Waals surface area contributed by atoms with Crippen molar-refractivity contribution in [3.8, 4) is 0 Å². The van der Waals surface area contributed by atoms with Gasteiger partial charge in [-0.05, 0) is 55.7 Å². The van der Waals surface area contributed by atoms with Gasteiger partial charge in [0, 0.05) is 29.4 Å². The van der Waals surface area contributed by atoms with Gasteiger partial charge in [-0.25, -0.2) is 4.98 Å². The van der Waals surface area contributed by atoms with Crippen molar-refractivity contribution in [3.63, 3.8) is 0 Å². The van der Waals surface area contributed by atoms with Gasteiger partial charge in [0.2, 0.25) is 11.8 Å². The summed E-state index contributed by atoms with van der Waals surface area (Å²) < 4.78 is 40.8. The van der Waals surface area contributed by atoms with E-state index in [2.05, 4.69) is 31.5 Å². The Morgan fingerprint density at radius 2 is 2.06 bits per heavy atom. The van der Waals surface area contributed by atoms with Crippen molar-refractivity contribution < 1.29 is 22.8 Å². The molecular weight excluding hydrogens is 477 g/mol. The van der Waals surface area contributed by atoms with Gasteiger partial charge in [0.15, 0.2) is 0 Å². The van der Waals surface area contributed by atoms with E-state index in [1.165, 1.54) is 17.2 Å². The molecule has 1 aromatic carbocycles. The number of carbonyl (C=O) groups excluding carboxylic acids is 2. The minimum atomic E-state index is -4.53. The number of hydrogen-bond donors (Lipinski definition) is 2. The largest absolute Gasteiger partial charge is 0.419 e. The molecule has 0 radical (unpaired) electrons. The molecule has 1 aliphatic heterocycles. The number of nitrogens with zero attached hydrogens (tertiary/aromatic N) is 2. The first-order valence-electron chi connectivity index (χ1n) is 9.76. The van der Waals surface area contributed by atoms with Crippen molar-refractivity contribution in [1.29, 1.82) is 0 Å². The SMILES string of the molecule is Cc1cc(NC(=O)CNC(=O)C2CCCN(c3ncccc3C(F)(F)F)C2)ccc1Br. The molecule has 0 saturated carbocycles. The highest BCUT2D eigenvalue weighted by molar-refractivity contribution is 9.10. The van der Waals surface area contributed by atoms with Gasteiger partial charge in [0.25, 0.3) is 0 Å². The molecule has 1 fully saturated rings. The third-order valence-corrected chi connectivity index (χ3v) is 5.94. The van der Waals surface area contributed by atoms with E-state index in [1.54, 1.807) is 12.1 Å². The number of halogens is 4. The number of aryl methyl sites for hydroxylation is 1. The van der Waals surface area contributed by atoms with Crippen LogP contribution in [0.2, 0.25) is 0 Å². The zero-order valence-corrected chi connectivity index (χ0v) is 18.4. The van der Waals surface area contributed by atoms with Gasteiger partial charge in [-0.15, -0.1) is 0 Å². The summed E-state index contributed by atoms with van der Waals surface area (Å²) >= 11 is 3.39. The number of amides is 2. The molecule has 1 atom stereocenters. The lowest BCUT2D eigenvalue weighted by molar-refractivity contribution is -0.137. The molecule has 2 heterocycles. The second-order valence-corrected chi connectivity index (χ2v) is 8.24. The summed E-state index contributed by atoms with van der Waals surface area (Å²) in [5.74, 6) is -1.45. The van der Waals surface area contributed by atoms with E-state index in [1.807, 2.05) is 13.0 Å². The van der Waals surface area contributed by atoms with Crippen LogP contribution in [0.5, 0.6) is 0 Å². The van der Waals surface area contributed by atoms with Crippen LogP contribution in [-0.4, -0.2) is 36.4 Å². The van der Waals surface area contributed by atoms with Crippen LogP contribution in [0, 0.1) is 12.8 Å². The fourth-order valence-electron chi connectivity index (χ4n) is 3.49. The van der Waals surface area contributed by atoms with E-state index in [-0.39, 0.29) is 30.7 Å². The van der Waals surface area contributed by atoms with Crippen molar-refractivity contribution >= 4 is 39.2 Å². The molecule has 0 aliphatic carbocycles. The van der Waals surface area contributed by atoms with Gasteiger partial charge in [-0.3, -0.25) is 9.59 Å². The number of piperidine rings is 1. The van der Waals surface area contributed by atoms with E-state index in [9.17, 15) is 22.8 Å². The Morgan fingerprint density at radius 3 is 2.77 bits per heavy atom. The number of hydrogen-bond acceptors (Lipinski definition) is 4. The van der Waals surface area contributed by atoms with Gasteiger partial charge in [-0.2, -0.15) is 13.2 Å². The molecule has 1 unspecified atom stereocenters. The Morgan fingerprint density at radius 1 is 1.29 bits per heavy atom. The molecule has 0 spiro atoms. The zero-order chi connectivity index (χ0) is 22.6. The number of anilines is 2. The van der Waals surface area contributed by atoms with Crippen molar-refractivity contribution in [2.75, 3.05) is 29.9 Å². The van der Waals surface area contributed by atoms with Crippen LogP contribution in [0.25, 0.3) is 0 Å². The summed E-state index contributed by atoms with van der Waals surface area (Å²) in [5.41, 5.74) is 0.746. The molecule has 166 valence electrons. The summed E-state index contributed by atoms with van der Waals surface area (Å²) in [4.78, 5) is 30.1. The third kappa shape index (κ3) is 5.96. The van der Waals surface area contributed by atoms with Crippen LogP contribution < -0.4 is 15.5 Å². The highest BCUT2D eigenvalue weighted by Gasteiger charge is 2.37. The van der Waals surface area contributed by atoms with Crippen molar-refractivity contribution in [2.45, 2.75) is 25.9 Å². The van der Waals surface area contributed by atoms with Crippen molar-refractivity contribution in [2.24, 2.45) is 5.92 Å². The summed E-state index contributed by atoms with van der Waals surface area (Å²) in [6, 6.07) is 7.58. The van der Waals surface area contributed by atoms with E-state index in [0.717, 1.165) is 16.1 Å². The van der Waals surface area contributed by atoms with Crippen molar-refractivity contribution in [3.05, 3.63) is 52.1 Å². The lowest BCUT2D eigenvalue weighted by Crippen LogP contribution is -2.45. The van der Waals surface area contributed by atoms with E-state index < -0.39 is 17.7 Å². The standard InChI is InChI=1S/C21H22BrF3N4O2/c1-13-10-15(6-7-17(13)22)28-18(30)11-27-20(31)14-4-3-9-29(12-14)19-16(21(23,24)25)5-2-8-26-19/h2,5-8,10,14H,3-4,9,11-12H2,1H3,(H,27,31)(H,28,30). The number of rotatable bonds is 5. The molecular formula is C21H22BrF3N4O2. The van der Waals surface area contributed by atoms with Gasteiger partial charge in [-0.1, -0.05) is 15.9 Å². The van der Waals surface area contributed by atoms with E-state index in [4.69, 9.17) is 0 Å². The Labute approximate surface area is 186 Å². The lowest BCUT2D eigenvalue weighted by Gasteiger charge is -2.34. The maximum atomic E-state index is 13.3. The van der Waals surface area contributed by atoms with E-state index in [0.29, 0.717) is 25.1 Å². The highest BCUT2D eigenvalue weighted by atomic mass is 79.9. The minimum Gasteiger partial charge on any atom is -0.355 e. The van der Waals surface area contributed by atoms with Gasteiger partial charge in [0.1, 0.15) is 5.82 Å². The molecule has 0 bridgehead atoms. The Kier molecular flexibility index (Phi) is 7.19. The van der Waals surface area contributed by atoms with Gasteiger partial charge in [0.05, 0.1) is 18.0 Å². The molecule has 6 nitrogen and oxygen atoms in total. The maximum Gasteiger partial charge on any atom is 0.419 e. The lowest BCUT2D eigenvalue weighted by atomic mass is 9.96. The normalized spacial score (nSPS) is 16.7. The summed E-state index contributed by atoms with van der Waals surface area (Å²) in [6.45, 7) is 2.16. The van der Waals surface area contributed by atoms with Gasteiger partial charge < -0.3 is 15.5 Å². The highest BCUT2D eigenvalue weighted by Crippen LogP contribution is 2.36. The predicted molar refractivity (Wildman–Crippen MR) is 115 cm³/mol. The third-order valence-electron chi connectivity index (χ3n) is 5.05. The Bertz CT molecular complexity index is 968. The number of nitrogens with one attached hydrogen (secondary N) is 2. The number of carbonyl (C=O) groups is 2. The number of aromatic nitrogens is 1. The monoisotopic (exact) mass is 498 g/mol. The first kappa shape index (κ1) is 23.1. The molecule has 2 amide bonds. The number of benzene rings is 1. The number of alkyl halides is 3. The fourth-order valence-corrected chi connectivity index (χ4v) is 3.74. The van der Waals surface area contributed by atoms with Crippen LogP contribution in [-0.2, 0) is 15.8 Å². The summed E-state index contributed by atoms with van der Waals surface area (Å²) in [5, 5.41) is 5.29. The molecule has 2 N–H and O–H groups in total. The summed E-state index contributed by atoms with van der Waals surface area (Å²) in [7, 11) is 0.